The van der Waals surface area contributed by atoms with Crippen molar-refractivity contribution in [1.29, 1.82) is 0 Å². The van der Waals surface area contributed by atoms with Gasteiger partial charge in [0.2, 0.25) is 0 Å². The lowest BCUT2D eigenvalue weighted by Crippen LogP contribution is -2.24. The summed E-state index contributed by atoms with van der Waals surface area (Å²) in [6.07, 6.45) is -0.755. The molecule has 74 valence electrons. The Bertz CT molecular complexity index is 405. The van der Waals surface area contributed by atoms with Crippen molar-refractivity contribution in [2.24, 2.45) is 0 Å². The van der Waals surface area contributed by atoms with Gasteiger partial charge in [-0.3, -0.25) is 0 Å². The Morgan fingerprint density at radius 1 is 1.64 bits per heavy atom. The Kier molecular flexibility index (Phi) is 2.19. The third kappa shape index (κ3) is 1.48. The minimum atomic E-state index is -1.07. The van der Waals surface area contributed by atoms with Crippen LogP contribution >= 0.6 is 15.9 Å². The highest BCUT2D eigenvalue weighted by Crippen LogP contribution is 2.34. The second-order valence-electron chi connectivity index (χ2n) is 3.02. The Morgan fingerprint density at radius 3 is 3.00 bits per heavy atom. The van der Waals surface area contributed by atoms with Crippen LogP contribution < -0.4 is 4.74 Å². The number of fused-ring (bicyclic) bond motifs is 1. The Morgan fingerprint density at radius 2 is 2.36 bits per heavy atom. The summed E-state index contributed by atoms with van der Waals surface area (Å²) >= 11 is 3.13. The molecule has 0 aromatic heterocycles. The van der Waals surface area contributed by atoms with Crippen molar-refractivity contribution >= 4 is 21.9 Å². The first-order valence-electron chi connectivity index (χ1n) is 3.95. The average Bonchev–Trinajstić information content (AvgIpc) is 2.47. The summed E-state index contributed by atoms with van der Waals surface area (Å²) in [6, 6.07) is 2.92. The molecule has 0 spiro atoms. The summed E-state index contributed by atoms with van der Waals surface area (Å²) in [6.45, 7) is 0. The standard InChI is InChI=1S/C9H6BrFO3/c10-5-1-4-2-7(9(12)13)14-8(4)6(11)3-5/h1,3,7H,2H2,(H,12,13). The SMILES string of the molecule is O=C(O)C1Cc2cc(Br)cc(F)c2O1. The van der Waals surface area contributed by atoms with E-state index < -0.39 is 17.9 Å². The van der Waals surface area contributed by atoms with Crippen LogP contribution in [-0.2, 0) is 11.2 Å². The zero-order valence-electron chi connectivity index (χ0n) is 6.96. The van der Waals surface area contributed by atoms with E-state index in [2.05, 4.69) is 15.9 Å². The van der Waals surface area contributed by atoms with Crippen molar-refractivity contribution in [2.75, 3.05) is 0 Å². The molecule has 1 atom stereocenters. The molecule has 14 heavy (non-hydrogen) atoms. The summed E-state index contributed by atoms with van der Waals surface area (Å²) in [5, 5.41) is 8.69. The lowest BCUT2D eigenvalue weighted by Gasteiger charge is -2.04. The van der Waals surface area contributed by atoms with Crippen molar-refractivity contribution in [1.82, 2.24) is 0 Å². The molecule has 1 unspecified atom stereocenters. The van der Waals surface area contributed by atoms with Gasteiger partial charge in [-0.1, -0.05) is 15.9 Å². The molecule has 0 saturated carbocycles. The molecule has 2 rings (SSSR count). The van der Waals surface area contributed by atoms with Gasteiger partial charge in [0.25, 0.3) is 0 Å². The number of rotatable bonds is 1. The number of halogens is 2. The number of carboxylic acid groups (broad SMARTS) is 1. The smallest absolute Gasteiger partial charge is 0.345 e. The van der Waals surface area contributed by atoms with Gasteiger partial charge in [-0.15, -0.1) is 0 Å². The van der Waals surface area contributed by atoms with Crippen LogP contribution in [0.5, 0.6) is 5.75 Å². The highest BCUT2D eigenvalue weighted by atomic mass is 79.9. The summed E-state index contributed by atoms with van der Waals surface area (Å²) in [7, 11) is 0. The first-order valence-corrected chi connectivity index (χ1v) is 4.74. The van der Waals surface area contributed by atoms with Gasteiger partial charge in [-0.05, 0) is 12.1 Å². The van der Waals surface area contributed by atoms with Gasteiger partial charge in [-0.2, -0.15) is 0 Å². The van der Waals surface area contributed by atoms with E-state index in [0.717, 1.165) is 0 Å². The molecule has 1 aliphatic heterocycles. The number of carbonyl (C=O) groups is 1. The number of carboxylic acids is 1. The third-order valence-electron chi connectivity index (χ3n) is 2.03. The number of hydrogen-bond acceptors (Lipinski definition) is 2. The minimum absolute atomic E-state index is 0.0561. The molecule has 1 heterocycles. The van der Waals surface area contributed by atoms with Crippen molar-refractivity contribution in [2.45, 2.75) is 12.5 Å². The van der Waals surface area contributed by atoms with Crippen LogP contribution in [0.15, 0.2) is 16.6 Å². The maximum absolute atomic E-state index is 13.2. The predicted octanol–water partition coefficient (Wildman–Crippen LogP) is 1.98. The quantitative estimate of drug-likeness (QED) is 0.840. The van der Waals surface area contributed by atoms with Crippen LogP contribution in [0.4, 0.5) is 4.39 Å². The van der Waals surface area contributed by atoms with E-state index in [0.29, 0.717) is 10.0 Å². The number of aliphatic carboxylic acids is 1. The van der Waals surface area contributed by atoms with E-state index in [1.54, 1.807) is 6.07 Å². The molecule has 1 aromatic rings. The summed E-state index contributed by atoms with van der Waals surface area (Å²) in [5.74, 6) is -1.55. The van der Waals surface area contributed by atoms with Crippen LogP contribution in [-0.4, -0.2) is 17.2 Å². The van der Waals surface area contributed by atoms with E-state index in [9.17, 15) is 9.18 Å². The van der Waals surface area contributed by atoms with Gasteiger partial charge in [0.15, 0.2) is 17.7 Å². The summed E-state index contributed by atoms with van der Waals surface area (Å²) in [4.78, 5) is 10.6. The van der Waals surface area contributed by atoms with Gasteiger partial charge in [0.1, 0.15) is 0 Å². The molecule has 0 fully saturated rings. The first-order chi connectivity index (χ1) is 6.58. The summed E-state index contributed by atoms with van der Waals surface area (Å²) in [5.41, 5.74) is 0.587. The Balaban J connectivity index is 2.39. The molecular formula is C9H6BrFO3. The van der Waals surface area contributed by atoms with Gasteiger partial charge in [0, 0.05) is 16.5 Å². The van der Waals surface area contributed by atoms with E-state index in [-0.39, 0.29) is 12.2 Å². The lowest BCUT2D eigenvalue weighted by atomic mass is 10.1. The lowest BCUT2D eigenvalue weighted by molar-refractivity contribution is -0.144. The topological polar surface area (TPSA) is 46.5 Å². The highest BCUT2D eigenvalue weighted by molar-refractivity contribution is 9.10. The van der Waals surface area contributed by atoms with E-state index >= 15 is 0 Å². The fraction of sp³-hybridized carbons (Fsp3) is 0.222. The predicted molar refractivity (Wildman–Crippen MR) is 49.9 cm³/mol. The van der Waals surface area contributed by atoms with E-state index in [1.807, 2.05) is 0 Å². The fourth-order valence-corrected chi connectivity index (χ4v) is 1.90. The van der Waals surface area contributed by atoms with E-state index in [4.69, 9.17) is 9.84 Å². The largest absolute Gasteiger partial charge is 0.478 e. The monoisotopic (exact) mass is 260 g/mol. The molecule has 5 heteroatoms. The molecule has 0 radical (unpaired) electrons. The molecule has 0 amide bonds. The molecule has 0 saturated heterocycles. The third-order valence-corrected chi connectivity index (χ3v) is 2.48. The molecule has 1 N–H and O–H groups in total. The second-order valence-corrected chi connectivity index (χ2v) is 3.94. The van der Waals surface area contributed by atoms with Crippen LogP contribution in [0.3, 0.4) is 0 Å². The average molecular weight is 261 g/mol. The molecule has 1 aliphatic rings. The van der Waals surface area contributed by atoms with Gasteiger partial charge in [-0.25, -0.2) is 9.18 Å². The summed E-state index contributed by atoms with van der Waals surface area (Å²) < 4.78 is 18.8. The van der Waals surface area contributed by atoms with Crippen molar-refractivity contribution < 1.29 is 19.0 Å². The fourth-order valence-electron chi connectivity index (χ4n) is 1.42. The molecular weight excluding hydrogens is 255 g/mol. The Labute approximate surface area is 87.6 Å². The normalized spacial score (nSPS) is 18.9. The van der Waals surface area contributed by atoms with Crippen LogP contribution in [0.25, 0.3) is 0 Å². The van der Waals surface area contributed by atoms with Crippen LogP contribution in [0.1, 0.15) is 5.56 Å². The van der Waals surface area contributed by atoms with Crippen molar-refractivity contribution in [3.8, 4) is 5.75 Å². The zero-order valence-corrected chi connectivity index (χ0v) is 8.54. The van der Waals surface area contributed by atoms with Gasteiger partial charge >= 0.3 is 5.97 Å². The molecule has 0 aliphatic carbocycles. The minimum Gasteiger partial charge on any atom is -0.478 e. The van der Waals surface area contributed by atoms with Crippen LogP contribution in [0, 0.1) is 5.82 Å². The van der Waals surface area contributed by atoms with Crippen molar-refractivity contribution in [3.63, 3.8) is 0 Å². The van der Waals surface area contributed by atoms with E-state index in [1.165, 1.54) is 6.07 Å². The van der Waals surface area contributed by atoms with Crippen molar-refractivity contribution in [3.05, 3.63) is 28.0 Å². The van der Waals surface area contributed by atoms with Gasteiger partial charge < -0.3 is 9.84 Å². The highest BCUT2D eigenvalue weighted by Gasteiger charge is 2.31. The maximum atomic E-state index is 13.2. The number of hydrogen-bond donors (Lipinski definition) is 1. The first kappa shape index (κ1) is 9.45. The number of ether oxygens (including phenoxy) is 1. The molecule has 3 nitrogen and oxygen atoms in total. The molecule has 1 aromatic carbocycles. The second kappa shape index (κ2) is 3.24. The zero-order chi connectivity index (χ0) is 10.3. The van der Waals surface area contributed by atoms with Gasteiger partial charge in [0.05, 0.1) is 0 Å². The number of benzene rings is 1. The Hall–Kier alpha value is -1.10. The maximum Gasteiger partial charge on any atom is 0.345 e. The van der Waals surface area contributed by atoms with Crippen LogP contribution in [0.2, 0.25) is 0 Å². The molecule has 0 bridgehead atoms.